The first-order valence-electron chi connectivity index (χ1n) is 11.3. The number of benzene rings is 2. The number of nitrogens with zero attached hydrogens (tertiary/aromatic N) is 1. The molecule has 0 unspecified atom stereocenters. The smallest absolute Gasteiger partial charge is 0.246 e. The van der Waals surface area contributed by atoms with E-state index in [-0.39, 0.29) is 5.91 Å². The second kappa shape index (κ2) is 9.42. The van der Waals surface area contributed by atoms with Crippen LogP contribution in [0.15, 0.2) is 53.2 Å². The number of carbonyl (C=O) groups excluding carboxylic acids is 1. The van der Waals surface area contributed by atoms with E-state index in [2.05, 4.69) is 18.2 Å². The van der Waals surface area contributed by atoms with Gasteiger partial charge in [-0.3, -0.25) is 4.79 Å². The van der Waals surface area contributed by atoms with E-state index in [0.29, 0.717) is 6.61 Å². The Labute approximate surface area is 184 Å². The second-order valence-corrected chi connectivity index (χ2v) is 8.27. The Bertz CT molecular complexity index is 1090. The van der Waals surface area contributed by atoms with Crippen LogP contribution in [0.4, 0.5) is 0 Å². The van der Waals surface area contributed by atoms with E-state index < -0.39 is 0 Å². The molecule has 0 radical (unpaired) electrons. The van der Waals surface area contributed by atoms with E-state index in [4.69, 9.17) is 9.15 Å². The van der Waals surface area contributed by atoms with Crippen molar-refractivity contribution >= 4 is 22.4 Å². The number of ether oxygens (including phenoxy) is 1. The van der Waals surface area contributed by atoms with Gasteiger partial charge in [0.2, 0.25) is 5.91 Å². The fraction of sp³-hybridized carbons (Fsp3) is 0.370. The fourth-order valence-corrected chi connectivity index (χ4v) is 4.43. The Morgan fingerprint density at radius 3 is 2.52 bits per heavy atom. The van der Waals surface area contributed by atoms with Gasteiger partial charge in [0.1, 0.15) is 11.3 Å². The summed E-state index contributed by atoms with van der Waals surface area (Å²) in [5.74, 6) is 0.886. The van der Waals surface area contributed by atoms with Crippen LogP contribution >= 0.6 is 0 Å². The van der Waals surface area contributed by atoms with Crippen molar-refractivity contribution in [2.45, 2.75) is 46.5 Å². The van der Waals surface area contributed by atoms with Gasteiger partial charge >= 0.3 is 0 Å². The predicted octanol–water partition coefficient (Wildman–Crippen LogP) is 6.61. The lowest BCUT2D eigenvalue weighted by Crippen LogP contribution is -2.30. The molecule has 1 aliphatic heterocycles. The SMILES string of the molecule is CCOc1c(/C(C)=C/C(=O)N2CCCCCC2)cc2c(-c3ccccc3)coc2c1C. The lowest BCUT2D eigenvalue weighted by Gasteiger charge is -2.19. The zero-order valence-corrected chi connectivity index (χ0v) is 18.7. The molecule has 0 spiro atoms. The maximum Gasteiger partial charge on any atom is 0.246 e. The van der Waals surface area contributed by atoms with Crippen molar-refractivity contribution in [3.8, 4) is 16.9 Å². The number of allylic oxidation sites excluding steroid dienone is 1. The van der Waals surface area contributed by atoms with E-state index in [1.807, 2.05) is 50.1 Å². The van der Waals surface area contributed by atoms with Gasteiger partial charge in [0.05, 0.1) is 12.9 Å². The van der Waals surface area contributed by atoms with Gasteiger partial charge in [0.25, 0.3) is 0 Å². The summed E-state index contributed by atoms with van der Waals surface area (Å²) < 4.78 is 12.0. The van der Waals surface area contributed by atoms with Gasteiger partial charge in [-0.1, -0.05) is 43.2 Å². The monoisotopic (exact) mass is 417 g/mol. The Morgan fingerprint density at radius 1 is 1.13 bits per heavy atom. The maximum atomic E-state index is 13.0. The molecule has 0 N–H and O–H groups in total. The topological polar surface area (TPSA) is 42.7 Å². The third-order valence-corrected chi connectivity index (χ3v) is 6.10. The van der Waals surface area contributed by atoms with Crippen molar-refractivity contribution in [3.05, 3.63) is 59.9 Å². The van der Waals surface area contributed by atoms with Crippen LogP contribution in [-0.2, 0) is 4.79 Å². The molecule has 4 nitrogen and oxygen atoms in total. The molecule has 1 amide bonds. The third-order valence-electron chi connectivity index (χ3n) is 6.10. The number of amides is 1. The van der Waals surface area contributed by atoms with Gasteiger partial charge in [-0.2, -0.15) is 0 Å². The molecule has 1 fully saturated rings. The van der Waals surface area contributed by atoms with Crippen LogP contribution in [0.3, 0.4) is 0 Å². The molecule has 1 aromatic heterocycles. The molecule has 0 aliphatic carbocycles. The summed E-state index contributed by atoms with van der Waals surface area (Å²) in [5, 5.41) is 1.04. The van der Waals surface area contributed by atoms with E-state index in [1.54, 1.807) is 6.08 Å². The lowest BCUT2D eigenvalue weighted by atomic mass is 9.96. The first-order chi connectivity index (χ1) is 15.1. The number of carbonyl (C=O) groups is 1. The van der Waals surface area contributed by atoms with E-state index in [0.717, 1.165) is 70.5 Å². The van der Waals surface area contributed by atoms with Crippen molar-refractivity contribution in [3.63, 3.8) is 0 Å². The van der Waals surface area contributed by atoms with E-state index in [9.17, 15) is 4.79 Å². The molecule has 1 aliphatic rings. The number of hydrogen-bond donors (Lipinski definition) is 0. The number of aryl methyl sites for hydroxylation is 1. The van der Waals surface area contributed by atoms with E-state index in [1.165, 1.54) is 12.8 Å². The molecular weight excluding hydrogens is 386 g/mol. The summed E-state index contributed by atoms with van der Waals surface area (Å²) in [6, 6.07) is 12.4. The molecule has 3 aromatic rings. The summed E-state index contributed by atoms with van der Waals surface area (Å²) in [6.07, 6.45) is 8.18. The summed E-state index contributed by atoms with van der Waals surface area (Å²) >= 11 is 0. The first-order valence-corrected chi connectivity index (χ1v) is 11.3. The molecule has 1 saturated heterocycles. The van der Waals surface area contributed by atoms with Crippen LogP contribution in [0.25, 0.3) is 27.7 Å². The number of rotatable bonds is 5. The van der Waals surface area contributed by atoms with Crippen molar-refractivity contribution < 1.29 is 13.9 Å². The highest BCUT2D eigenvalue weighted by Crippen LogP contribution is 2.40. The zero-order valence-electron chi connectivity index (χ0n) is 18.7. The number of furan rings is 1. The highest BCUT2D eigenvalue weighted by atomic mass is 16.5. The summed E-state index contributed by atoms with van der Waals surface area (Å²) in [4.78, 5) is 15.0. The van der Waals surface area contributed by atoms with Crippen LogP contribution in [-0.4, -0.2) is 30.5 Å². The van der Waals surface area contributed by atoms with Crippen LogP contribution in [0.1, 0.15) is 50.7 Å². The summed E-state index contributed by atoms with van der Waals surface area (Å²) in [7, 11) is 0. The molecule has 162 valence electrons. The Morgan fingerprint density at radius 2 is 1.84 bits per heavy atom. The minimum atomic E-state index is 0.0927. The van der Waals surface area contributed by atoms with Gasteiger partial charge < -0.3 is 14.1 Å². The van der Waals surface area contributed by atoms with E-state index >= 15 is 0 Å². The molecule has 0 atom stereocenters. The Balaban J connectivity index is 1.79. The minimum Gasteiger partial charge on any atom is -0.493 e. The van der Waals surface area contributed by atoms with Gasteiger partial charge in [-0.15, -0.1) is 0 Å². The summed E-state index contributed by atoms with van der Waals surface area (Å²) in [5.41, 5.74) is 5.83. The highest BCUT2D eigenvalue weighted by Gasteiger charge is 2.20. The van der Waals surface area contributed by atoms with Gasteiger partial charge in [-0.25, -0.2) is 0 Å². The molecule has 2 heterocycles. The maximum absolute atomic E-state index is 13.0. The summed E-state index contributed by atoms with van der Waals surface area (Å²) in [6.45, 7) is 8.25. The highest BCUT2D eigenvalue weighted by molar-refractivity contribution is 6.01. The van der Waals surface area contributed by atoms with Crippen molar-refractivity contribution in [1.82, 2.24) is 4.90 Å². The molecule has 2 aromatic carbocycles. The minimum absolute atomic E-state index is 0.0927. The first kappa shape index (κ1) is 21.2. The predicted molar refractivity (Wildman–Crippen MR) is 126 cm³/mol. The largest absolute Gasteiger partial charge is 0.493 e. The second-order valence-electron chi connectivity index (χ2n) is 8.27. The van der Waals surface area contributed by atoms with Crippen molar-refractivity contribution in [1.29, 1.82) is 0 Å². The molecule has 4 rings (SSSR count). The molecule has 0 saturated carbocycles. The lowest BCUT2D eigenvalue weighted by molar-refractivity contribution is -0.125. The van der Waals surface area contributed by atoms with Crippen LogP contribution in [0, 0.1) is 6.92 Å². The van der Waals surface area contributed by atoms with Crippen LogP contribution in [0.2, 0.25) is 0 Å². The van der Waals surface area contributed by atoms with Gasteiger partial charge in [-0.05, 0) is 50.8 Å². The normalized spacial score (nSPS) is 15.2. The van der Waals surface area contributed by atoms with Crippen LogP contribution in [0.5, 0.6) is 5.75 Å². The quantitative estimate of drug-likeness (QED) is 0.439. The number of likely N-dealkylation sites (tertiary alicyclic amines) is 1. The van der Waals surface area contributed by atoms with Crippen LogP contribution < -0.4 is 4.74 Å². The van der Waals surface area contributed by atoms with Gasteiger partial charge in [0, 0.05) is 41.2 Å². The molecular formula is C27H31NO3. The standard InChI is InChI=1S/C27H31NO3/c1-4-30-26-20(3)27-23(24(18-31-27)21-12-8-7-9-13-21)17-22(26)19(2)16-25(29)28-14-10-5-6-11-15-28/h7-9,12-13,16-18H,4-6,10-11,14-15H2,1-3H3/b19-16+. The zero-order chi connectivity index (χ0) is 21.8. The molecule has 0 bridgehead atoms. The fourth-order valence-electron chi connectivity index (χ4n) is 4.43. The third kappa shape index (κ3) is 4.39. The van der Waals surface area contributed by atoms with Crippen molar-refractivity contribution in [2.24, 2.45) is 0 Å². The Hall–Kier alpha value is -3.01. The van der Waals surface area contributed by atoms with Crippen molar-refractivity contribution in [2.75, 3.05) is 19.7 Å². The molecule has 31 heavy (non-hydrogen) atoms. The average Bonchev–Trinajstić information content (AvgIpc) is 3.01. The Kier molecular flexibility index (Phi) is 6.45. The number of hydrogen-bond acceptors (Lipinski definition) is 3. The molecule has 4 heteroatoms. The van der Waals surface area contributed by atoms with Gasteiger partial charge in [0.15, 0.2) is 0 Å². The average molecular weight is 418 g/mol. The number of fused-ring (bicyclic) bond motifs is 1.